The molecular formula is C19H22FN3O4. The summed E-state index contributed by atoms with van der Waals surface area (Å²) in [6.45, 7) is 3.82. The van der Waals surface area contributed by atoms with Crippen LogP contribution >= 0.6 is 0 Å². The number of hydrogen-bond acceptors (Lipinski definition) is 6. The fourth-order valence-electron chi connectivity index (χ4n) is 3.05. The number of hydrogen-bond donors (Lipinski definition) is 1. The van der Waals surface area contributed by atoms with Crippen LogP contribution in [0.3, 0.4) is 0 Å². The van der Waals surface area contributed by atoms with E-state index in [0.29, 0.717) is 12.3 Å². The maximum Gasteiger partial charge on any atom is 0.269 e. The number of rotatable bonds is 7. The van der Waals surface area contributed by atoms with E-state index in [9.17, 15) is 19.6 Å². The lowest BCUT2D eigenvalue weighted by atomic mass is 10.2. The number of aliphatic hydroxyl groups is 1. The van der Waals surface area contributed by atoms with Gasteiger partial charge in [0.2, 0.25) is 0 Å². The molecular weight excluding hydrogens is 353 g/mol. The highest BCUT2D eigenvalue weighted by Gasteiger charge is 2.20. The van der Waals surface area contributed by atoms with Gasteiger partial charge >= 0.3 is 0 Å². The van der Waals surface area contributed by atoms with Crippen molar-refractivity contribution >= 4 is 11.4 Å². The molecule has 27 heavy (non-hydrogen) atoms. The van der Waals surface area contributed by atoms with Crippen molar-refractivity contribution in [1.82, 2.24) is 4.90 Å². The zero-order chi connectivity index (χ0) is 19.2. The number of nitrogens with zero attached hydrogens (tertiary/aromatic N) is 3. The van der Waals surface area contributed by atoms with Gasteiger partial charge in [-0.15, -0.1) is 0 Å². The molecule has 0 bridgehead atoms. The zero-order valence-electron chi connectivity index (χ0n) is 14.8. The standard InChI is InChI=1S/C19H22FN3O4/c20-15-1-3-16(4-2-15)22-11-9-21(10-12-22)13-18(24)14-27-19-7-5-17(6-8-19)23(25)26/h1-8,18,24H,9-14H2/t18-/m1/s1. The minimum Gasteiger partial charge on any atom is -0.491 e. The molecule has 1 aliphatic heterocycles. The number of ether oxygens (including phenoxy) is 1. The lowest BCUT2D eigenvalue weighted by Gasteiger charge is -2.36. The maximum atomic E-state index is 13.0. The van der Waals surface area contributed by atoms with Crippen LogP contribution in [0, 0.1) is 15.9 Å². The Morgan fingerprint density at radius 2 is 1.70 bits per heavy atom. The Balaban J connectivity index is 1.40. The Morgan fingerprint density at radius 3 is 2.30 bits per heavy atom. The van der Waals surface area contributed by atoms with Crippen molar-refractivity contribution in [2.45, 2.75) is 6.10 Å². The topological polar surface area (TPSA) is 79.1 Å². The van der Waals surface area contributed by atoms with Crippen LogP contribution in [0.5, 0.6) is 5.75 Å². The summed E-state index contributed by atoms with van der Waals surface area (Å²) in [6.07, 6.45) is -0.655. The third kappa shape index (κ3) is 5.38. The molecule has 2 aromatic rings. The van der Waals surface area contributed by atoms with E-state index >= 15 is 0 Å². The highest BCUT2D eigenvalue weighted by molar-refractivity contribution is 5.46. The smallest absolute Gasteiger partial charge is 0.269 e. The van der Waals surface area contributed by atoms with Crippen LogP contribution < -0.4 is 9.64 Å². The fraction of sp³-hybridized carbons (Fsp3) is 0.368. The van der Waals surface area contributed by atoms with Gasteiger partial charge in [0, 0.05) is 50.5 Å². The molecule has 0 saturated carbocycles. The number of piperazine rings is 1. The van der Waals surface area contributed by atoms with E-state index in [1.54, 1.807) is 12.1 Å². The van der Waals surface area contributed by atoms with E-state index in [1.165, 1.54) is 36.4 Å². The minimum absolute atomic E-state index is 0.00178. The predicted molar refractivity (Wildman–Crippen MR) is 99.7 cm³/mol. The summed E-state index contributed by atoms with van der Waals surface area (Å²) in [5, 5.41) is 20.8. The van der Waals surface area contributed by atoms with E-state index < -0.39 is 11.0 Å². The van der Waals surface area contributed by atoms with Crippen molar-refractivity contribution < 1.29 is 19.2 Å². The van der Waals surface area contributed by atoms with Crippen molar-refractivity contribution in [3.8, 4) is 5.75 Å². The molecule has 144 valence electrons. The van der Waals surface area contributed by atoms with Crippen LogP contribution in [-0.4, -0.2) is 60.4 Å². The number of benzene rings is 2. The third-order valence-corrected chi connectivity index (χ3v) is 4.52. The van der Waals surface area contributed by atoms with Crippen molar-refractivity contribution in [3.05, 3.63) is 64.5 Å². The number of non-ortho nitro benzene ring substituents is 1. The van der Waals surface area contributed by atoms with Gasteiger partial charge in [-0.2, -0.15) is 0 Å². The molecule has 0 amide bonds. The van der Waals surface area contributed by atoms with E-state index in [2.05, 4.69) is 9.80 Å². The number of anilines is 1. The quantitative estimate of drug-likeness (QED) is 0.591. The van der Waals surface area contributed by atoms with Crippen LogP contribution in [0.25, 0.3) is 0 Å². The lowest BCUT2D eigenvalue weighted by molar-refractivity contribution is -0.384. The average molecular weight is 375 g/mol. The van der Waals surface area contributed by atoms with Crippen molar-refractivity contribution in [3.63, 3.8) is 0 Å². The number of halogens is 1. The molecule has 0 unspecified atom stereocenters. The average Bonchev–Trinajstić information content (AvgIpc) is 2.68. The molecule has 1 N–H and O–H groups in total. The normalized spacial score (nSPS) is 16.1. The first kappa shape index (κ1) is 19.1. The molecule has 3 rings (SSSR count). The fourth-order valence-corrected chi connectivity index (χ4v) is 3.05. The zero-order valence-corrected chi connectivity index (χ0v) is 14.8. The second-order valence-electron chi connectivity index (χ2n) is 6.48. The Kier molecular flexibility index (Phi) is 6.20. The highest BCUT2D eigenvalue weighted by atomic mass is 19.1. The first-order valence-electron chi connectivity index (χ1n) is 8.79. The van der Waals surface area contributed by atoms with Crippen molar-refractivity contribution in [2.75, 3.05) is 44.2 Å². The predicted octanol–water partition coefficient (Wildman–Crippen LogP) is 2.30. The van der Waals surface area contributed by atoms with E-state index in [1.807, 2.05) is 0 Å². The van der Waals surface area contributed by atoms with Gasteiger partial charge in [-0.1, -0.05) is 0 Å². The lowest BCUT2D eigenvalue weighted by Crippen LogP contribution is -2.49. The highest BCUT2D eigenvalue weighted by Crippen LogP contribution is 2.18. The molecule has 0 radical (unpaired) electrons. The summed E-state index contributed by atoms with van der Waals surface area (Å²) in [7, 11) is 0. The van der Waals surface area contributed by atoms with Gasteiger partial charge in [-0.25, -0.2) is 4.39 Å². The van der Waals surface area contributed by atoms with Gasteiger partial charge in [0.1, 0.15) is 24.3 Å². The number of aliphatic hydroxyl groups excluding tert-OH is 1. The summed E-state index contributed by atoms with van der Waals surface area (Å²) in [5.74, 6) is 0.245. The first-order chi connectivity index (χ1) is 13.0. The van der Waals surface area contributed by atoms with Gasteiger partial charge < -0.3 is 14.7 Å². The molecule has 1 atom stereocenters. The summed E-state index contributed by atoms with van der Waals surface area (Å²) in [6, 6.07) is 12.3. The number of nitro benzene ring substituents is 1. The monoisotopic (exact) mass is 375 g/mol. The van der Waals surface area contributed by atoms with Crippen LogP contribution in [0.1, 0.15) is 0 Å². The van der Waals surface area contributed by atoms with Gasteiger partial charge in [0.25, 0.3) is 5.69 Å². The molecule has 1 aliphatic rings. The number of β-amino-alcohol motifs (C(OH)–C–C–N with tert-alkyl or cyclic N) is 1. The van der Waals surface area contributed by atoms with Crippen molar-refractivity contribution in [2.24, 2.45) is 0 Å². The van der Waals surface area contributed by atoms with E-state index in [-0.39, 0.29) is 18.1 Å². The molecule has 0 spiro atoms. The molecule has 1 heterocycles. The third-order valence-electron chi connectivity index (χ3n) is 4.52. The summed E-state index contributed by atoms with van der Waals surface area (Å²) in [4.78, 5) is 14.5. The van der Waals surface area contributed by atoms with Crippen LogP contribution in [-0.2, 0) is 0 Å². The second-order valence-corrected chi connectivity index (χ2v) is 6.48. The Morgan fingerprint density at radius 1 is 1.07 bits per heavy atom. The van der Waals surface area contributed by atoms with Crippen LogP contribution in [0.2, 0.25) is 0 Å². The summed E-state index contributed by atoms with van der Waals surface area (Å²) >= 11 is 0. The Bertz CT molecular complexity index is 747. The van der Waals surface area contributed by atoms with Crippen LogP contribution in [0.15, 0.2) is 48.5 Å². The molecule has 0 aromatic heterocycles. The number of nitro groups is 1. The van der Waals surface area contributed by atoms with Crippen molar-refractivity contribution in [1.29, 1.82) is 0 Å². The molecule has 1 fully saturated rings. The minimum atomic E-state index is -0.655. The Hall–Kier alpha value is -2.71. The first-order valence-corrected chi connectivity index (χ1v) is 8.79. The summed E-state index contributed by atoms with van der Waals surface area (Å²) in [5.41, 5.74) is 1.00. The van der Waals surface area contributed by atoms with Gasteiger partial charge in [-0.3, -0.25) is 15.0 Å². The van der Waals surface area contributed by atoms with E-state index in [0.717, 1.165) is 31.9 Å². The van der Waals surface area contributed by atoms with Gasteiger partial charge in [0.15, 0.2) is 0 Å². The molecule has 2 aromatic carbocycles. The Labute approximate surface area is 156 Å². The van der Waals surface area contributed by atoms with Gasteiger partial charge in [0.05, 0.1) is 4.92 Å². The maximum absolute atomic E-state index is 13.0. The molecule has 0 aliphatic carbocycles. The largest absolute Gasteiger partial charge is 0.491 e. The molecule has 7 nitrogen and oxygen atoms in total. The molecule has 8 heteroatoms. The molecule has 1 saturated heterocycles. The SMILES string of the molecule is O=[N+]([O-])c1ccc(OC[C@H](O)CN2CCN(c3ccc(F)cc3)CC2)cc1. The van der Waals surface area contributed by atoms with Crippen LogP contribution in [0.4, 0.5) is 15.8 Å². The second kappa shape index (κ2) is 8.79. The summed E-state index contributed by atoms with van der Waals surface area (Å²) < 4.78 is 18.5. The van der Waals surface area contributed by atoms with E-state index in [4.69, 9.17) is 4.74 Å². The van der Waals surface area contributed by atoms with Gasteiger partial charge in [-0.05, 0) is 36.4 Å².